The van der Waals surface area contributed by atoms with Crippen LogP contribution in [0.3, 0.4) is 0 Å². The molecule has 0 rings (SSSR count). The summed E-state index contributed by atoms with van der Waals surface area (Å²) in [7, 11) is 2.96. The van der Waals surface area contributed by atoms with Crippen molar-refractivity contribution in [3.05, 3.63) is 0 Å². The van der Waals surface area contributed by atoms with E-state index in [0.717, 1.165) is 5.75 Å². The van der Waals surface area contributed by atoms with E-state index >= 15 is 0 Å². The first-order valence-corrected chi connectivity index (χ1v) is 13.5. The Morgan fingerprint density at radius 1 is 1.07 bits per heavy atom. The van der Waals surface area contributed by atoms with Crippen LogP contribution >= 0.6 is 57.3 Å². The van der Waals surface area contributed by atoms with Gasteiger partial charge in [0.25, 0.3) is 0 Å². The normalized spacial score (nSPS) is 12.4. The summed E-state index contributed by atoms with van der Waals surface area (Å²) in [4.78, 5) is 33.4. The van der Waals surface area contributed by atoms with Crippen LogP contribution in [0.2, 0.25) is 0 Å². The largest absolute Gasteiger partial charge is 0.481 e. The number of nitrogens with zero attached hydrogens (tertiary/aromatic N) is 1. The summed E-state index contributed by atoms with van der Waals surface area (Å²) < 4.78 is 10.0. The molecule has 1 N–H and O–H groups in total. The molecule has 0 saturated carbocycles. The molecule has 7 nitrogen and oxygen atoms in total. The average molecular weight is 500 g/mol. The van der Waals surface area contributed by atoms with Crippen molar-refractivity contribution in [3.63, 3.8) is 0 Å². The summed E-state index contributed by atoms with van der Waals surface area (Å²) in [5.74, 6) is 0.0903. The number of carboxylic acid groups (broad SMARTS) is 1. The van der Waals surface area contributed by atoms with Gasteiger partial charge in [0, 0.05) is 17.9 Å². The van der Waals surface area contributed by atoms with Crippen LogP contribution in [0.1, 0.15) is 39.5 Å². The van der Waals surface area contributed by atoms with E-state index < -0.39 is 16.7 Å². The molecule has 0 bridgehead atoms. The first kappa shape index (κ1) is 28.4. The van der Waals surface area contributed by atoms with Crippen LogP contribution in [0.5, 0.6) is 0 Å². The minimum atomic E-state index is -1.03. The van der Waals surface area contributed by atoms with Crippen LogP contribution in [0.15, 0.2) is 0 Å². The fourth-order valence-electron chi connectivity index (χ4n) is 1.65. The van der Waals surface area contributed by atoms with E-state index in [1.54, 1.807) is 6.92 Å². The molecule has 1 atom stereocenters. The molecule has 0 saturated heterocycles. The van der Waals surface area contributed by atoms with E-state index in [1.165, 1.54) is 45.1 Å². The summed E-state index contributed by atoms with van der Waals surface area (Å²) in [5.41, 5.74) is 0. The Labute approximate surface area is 193 Å². The predicted molar refractivity (Wildman–Crippen MR) is 125 cm³/mol. The zero-order chi connectivity index (χ0) is 22.1. The number of rotatable bonds is 15. The second kappa shape index (κ2) is 17.1. The number of hydrogen-bond donors (Lipinski definition) is 1. The standard InChI is InChI=1S/C17H25NO6S5/c1-3-26-16(25)29-17(2,12-18)7-6-15(22)24-9-11-28-27-10-8-23-14(21)5-4-13(19)20/h3-11H2,1-2H3,(H,19,20). The summed E-state index contributed by atoms with van der Waals surface area (Å²) in [5, 5.41) is 17.8. The summed E-state index contributed by atoms with van der Waals surface area (Å²) in [6, 6.07) is 2.22. The fraction of sp³-hybridized carbons (Fsp3) is 0.706. The number of thioether (sulfide) groups is 2. The lowest BCUT2D eigenvalue weighted by Gasteiger charge is -2.20. The highest BCUT2D eigenvalue weighted by atomic mass is 33.1. The highest BCUT2D eigenvalue weighted by Crippen LogP contribution is 2.34. The van der Waals surface area contributed by atoms with Crippen molar-refractivity contribution in [3.8, 4) is 6.07 Å². The number of carboxylic acids is 1. The third-order valence-electron chi connectivity index (χ3n) is 3.10. The van der Waals surface area contributed by atoms with Gasteiger partial charge < -0.3 is 14.6 Å². The topological polar surface area (TPSA) is 114 Å². The third kappa shape index (κ3) is 16.8. The molecule has 164 valence electrons. The van der Waals surface area contributed by atoms with Crippen molar-refractivity contribution in [2.45, 2.75) is 44.3 Å². The molecule has 0 aliphatic rings. The molecule has 0 radical (unpaired) electrons. The van der Waals surface area contributed by atoms with Gasteiger partial charge in [0.05, 0.1) is 18.9 Å². The van der Waals surface area contributed by atoms with Gasteiger partial charge in [-0.25, -0.2) is 0 Å². The molecule has 0 aromatic heterocycles. The monoisotopic (exact) mass is 499 g/mol. The Bertz CT molecular complexity index is 597. The number of nitriles is 1. The Kier molecular flexibility index (Phi) is 16.7. The average Bonchev–Trinajstić information content (AvgIpc) is 2.67. The van der Waals surface area contributed by atoms with Crippen molar-refractivity contribution in [2.75, 3.05) is 30.5 Å². The summed E-state index contributed by atoms with van der Waals surface area (Å²) in [6.45, 7) is 4.23. The van der Waals surface area contributed by atoms with E-state index in [-0.39, 0.29) is 38.4 Å². The number of ether oxygens (including phenoxy) is 2. The number of carbonyl (C=O) groups excluding carboxylic acids is 2. The second-order valence-corrected chi connectivity index (χ2v) is 12.3. The first-order chi connectivity index (χ1) is 13.7. The van der Waals surface area contributed by atoms with Crippen molar-refractivity contribution in [2.24, 2.45) is 0 Å². The van der Waals surface area contributed by atoms with Crippen LogP contribution in [0.25, 0.3) is 0 Å². The summed E-state index contributed by atoms with van der Waals surface area (Å²) >= 11 is 8.04. The molecule has 0 spiro atoms. The van der Waals surface area contributed by atoms with E-state index in [0.29, 0.717) is 21.5 Å². The van der Waals surface area contributed by atoms with Gasteiger partial charge in [0.15, 0.2) is 0 Å². The van der Waals surface area contributed by atoms with E-state index in [1.807, 2.05) is 6.92 Å². The van der Waals surface area contributed by atoms with Crippen LogP contribution in [-0.4, -0.2) is 61.8 Å². The molecule has 0 heterocycles. The highest BCUT2D eigenvalue weighted by molar-refractivity contribution is 8.76. The van der Waals surface area contributed by atoms with Crippen LogP contribution in [0.4, 0.5) is 0 Å². The smallest absolute Gasteiger partial charge is 0.306 e. The van der Waals surface area contributed by atoms with Crippen LogP contribution in [-0.2, 0) is 23.9 Å². The van der Waals surface area contributed by atoms with Crippen LogP contribution in [0, 0.1) is 11.3 Å². The highest BCUT2D eigenvalue weighted by Gasteiger charge is 2.28. The SMILES string of the molecule is CCSC(=S)SC(C)(C#N)CCC(=O)OCCSSCCOC(=O)CCC(=O)O. The lowest BCUT2D eigenvalue weighted by atomic mass is 10.1. The van der Waals surface area contributed by atoms with Gasteiger partial charge in [-0.2, -0.15) is 5.26 Å². The molecule has 0 aromatic carbocycles. The Morgan fingerprint density at radius 3 is 2.10 bits per heavy atom. The molecule has 0 aliphatic heterocycles. The van der Waals surface area contributed by atoms with Crippen molar-refractivity contribution in [1.29, 1.82) is 5.26 Å². The van der Waals surface area contributed by atoms with E-state index in [4.69, 9.17) is 26.8 Å². The Hall–Kier alpha value is -0.610. The van der Waals surface area contributed by atoms with E-state index in [2.05, 4.69) is 6.07 Å². The van der Waals surface area contributed by atoms with E-state index in [9.17, 15) is 19.6 Å². The number of thiocarbonyl (C=S) groups is 1. The minimum Gasteiger partial charge on any atom is -0.481 e. The van der Waals surface area contributed by atoms with Crippen molar-refractivity contribution >= 4 is 78.8 Å². The molecule has 29 heavy (non-hydrogen) atoms. The Morgan fingerprint density at radius 2 is 1.62 bits per heavy atom. The van der Waals surface area contributed by atoms with Gasteiger partial charge in [0.1, 0.15) is 21.5 Å². The third-order valence-corrected chi connectivity index (χ3v) is 8.08. The molecular formula is C17H25NO6S5. The molecule has 12 heteroatoms. The quantitative estimate of drug-likeness (QED) is 0.151. The van der Waals surface area contributed by atoms with Crippen LogP contribution < -0.4 is 0 Å². The number of hydrogen-bond acceptors (Lipinski definition) is 11. The van der Waals surface area contributed by atoms with Gasteiger partial charge in [-0.3, -0.25) is 14.4 Å². The van der Waals surface area contributed by atoms with Crippen molar-refractivity contribution < 1.29 is 29.0 Å². The molecular weight excluding hydrogens is 475 g/mol. The molecule has 0 aromatic rings. The number of carbonyl (C=O) groups is 3. The van der Waals surface area contributed by atoms with Gasteiger partial charge in [-0.15, -0.1) is 11.8 Å². The van der Waals surface area contributed by atoms with Crippen molar-refractivity contribution in [1.82, 2.24) is 0 Å². The van der Waals surface area contributed by atoms with Gasteiger partial charge in [-0.05, 0) is 19.1 Å². The molecule has 0 aliphatic carbocycles. The molecule has 1 unspecified atom stereocenters. The number of aliphatic carboxylic acids is 1. The zero-order valence-electron chi connectivity index (χ0n) is 16.3. The minimum absolute atomic E-state index is 0.129. The molecule has 0 fully saturated rings. The lowest BCUT2D eigenvalue weighted by molar-refractivity contribution is -0.147. The number of esters is 2. The van der Waals surface area contributed by atoms with Gasteiger partial charge in [0.2, 0.25) is 0 Å². The van der Waals surface area contributed by atoms with Gasteiger partial charge in [-0.1, -0.05) is 52.5 Å². The predicted octanol–water partition coefficient (Wildman–Crippen LogP) is 4.15. The maximum absolute atomic E-state index is 11.8. The maximum atomic E-state index is 11.8. The lowest BCUT2D eigenvalue weighted by Crippen LogP contribution is -2.21. The zero-order valence-corrected chi connectivity index (χ0v) is 20.4. The first-order valence-electron chi connectivity index (χ1n) is 8.77. The fourth-order valence-corrected chi connectivity index (χ4v) is 6.21. The van der Waals surface area contributed by atoms with Gasteiger partial charge >= 0.3 is 17.9 Å². The summed E-state index contributed by atoms with van der Waals surface area (Å²) in [6.07, 6.45) is 0.158. The Balaban J connectivity index is 3.76. The molecule has 0 amide bonds. The maximum Gasteiger partial charge on any atom is 0.306 e. The second-order valence-electron chi connectivity index (χ2n) is 5.61.